The first-order chi connectivity index (χ1) is 7.72. The van der Waals surface area contributed by atoms with Crippen molar-refractivity contribution in [1.82, 2.24) is 5.32 Å². The van der Waals surface area contributed by atoms with E-state index in [0.717, 1.165) is 20.8 Å². The third kappa shape index (κ3) is 2.32. The van der Waals surface area contributed by atoms with Gasteiger partial charge >= 0.3 is 0 Å². The molecule has 0 amide bonds. The third-order valence-electron chi connectivity index (χ3n) is 2.39. The fourth-order valence-electron chi connectivity index (χ4n) is 1.64. The Kier molecular flexibility index (Phi) is 3.69. The van der Waals surface area contributed by atoms with Crippen LogP contribution in [0, 0.1) is 0 Å². The fourth-order valence-corrected chi connectivity index (χ4v) is 2.25. The number of hydrogen-bond acceptors (Lipinski definition) is 2. The van der Waals surface area contributed by atoms with Crippen LogP contribution in [0.25, 0.3) is 0 Å². The maximum atomic E-state index is 6.18. The van der Waals surface area contributed by atoms with Crippen molar-refractivity contribution in [3.63, 3.8) is 0 Å². The van der Waals surface area contributed by atoms with Crippen LogP contribution >= 0.6 is 27.5 Å². The van der Waals surface area contributed by atoms with Crippen LogP contribution in [0.2, 0.25) is 5.02 Å². The molecule has 1 atom stereocenters. The van der Waals surface area contributed by atoms with E-state index in [1.165, 1.54) is 0 Å². The highest BCUT2D eigenvalue weighted by molar-refractivity contribution is 9.10. The maximum Gasteiger partial charge on any atom is 0.125 e. The summed E-state index contributed by atoms with van der Waals surface area (Å²) in [5.41, 5.74) is 0.994. The average Bonchev–Trinajstić information content (AvgIpc) is 2.78. The van der Waals surface area contributed by atoms with Gasteiger partial charge < -0.3 is 9.73 Å². The van der Waals surface area contributed by atoms with Gasteiger partial charge in [-0.05, 0) is 42.9 Å². The minimum atomic E-state index is -0.0278. The summed E-state index contributed by atoms with van der Waals surface area (Å²) in [4.78, 5) is 0. The Morgan fingerprint density at radius 1 is 1.38 bits per heavy atom. The van der Waals surface area contributed by atoms with Crippen LogP contribution in [-0.2, 0) is 0 Å². The number of benzene rings is 1. The Bertz CT molecular complexity index is 470. The fraction of sp³-hybridized carbons (Fsp3) is 0.167. The smallest absolute Gasteiger partial charge is 0.125 e. The predicted molar refractivity (Wildman–Crippen MR) is 68.8 cm³/mol. The van der Waals surface area contributed by atoms with Crippen LogP contribution in [0.3, 0.4) is 0 Å². The quantitative estimate of drug-likeness (QED) is 0.926. The lowest BCUT2D eigenvalue weighted by Gasteiger charge is -2.15. The van der Waals surface area contributed by atoms with Crippen molar-refractivity contribution < 1.29 is 4.42 Å². The molecule has 0 aliphatic rings. The van der Waals surface area contributed by atoms with Gasteiger partial charge in [0.05, 0.1) is 12.3 Å². The highest BCUT2D eigenvalue weighted by Gasteiger charge is 2.17. The Balaban J connectivity index is 2.44. The second-order valence-corrected chi connectivity index (χ2v) is 4.73. The molecule has 1 aromatic carbocycles. The van der Waals surface area contributed by atoms with Crippen molar-refractivity contribution >= 4 is 27.5 Å². The molecule has 1 aromatic heterocycles. The maximum absolute atomic E-state index is 6.18. The van der Waals surface area contributed by atoms with E-state index in [-0.39, 0.29) is 6.04 Å². The van der Waals surface area contributed by atoms with Gasteiger partial charge in [0, 0.05) is 9.50 Å². The van der Waals surface area contributed by atoms with E-state index in [0.29, 0.717) is 0 Å². The summed E-state index contributed by atoms with van der Waals surface area (Å²) in [7, 11) is 1.88. The molecular formula is C12H11BrClNO. The first-order valence-electron chi connectivity index (χ1n) is 4.88. The molecule has 0 bridgehead atoms. The molecule has 16 heavy (non-hydrogen) atoms. The molecule has 1 N–H and O–H groups in total. The van der Waals surface area contributed by atoms with E-state index >= 15 is 0 Å². The number of hydrogen-bond donors (Lipinski definition) is 1. The lowest BCUT2D eigenvalue weighted by molar-refractivity contribution is 0.463. The van der Waals surface area contributed by atoms with Crippen LogP contribution in [0.5, 0.6) is 0 Å². The number of furan rings is 1. The van der Waals surface area contributed by atoms with E-state index < -0.39 is 0 Å². The topological polar surface area (TPSA) is 25.2 Å². The molecule has 4 heteroatoms. The summed E-state index contributed by atoms with van der Waals surface area (Å²) in [6.07, 6.45) is 1.66. The molecule has 0 saturated carbocycles. The predicted octanol–water partition coefficient (Wildman–Crippen LogP) is 4.00. The second kappa shape index (κ2) is 5.04. The van der Waals surface area contributed by atoms with Gasteiger partial charge in [-0.25, -0.2) is 0 Å². The lowest BCUT2D eigenvalue weighted by Crippen LogP contribution is -2.17. The number of nitrogens with one attached hydrogen (secondary N) is 1. The Morgan fingerprint density at radius 2 is 2.19 bits per heavy atom. The molecular weight excluding hydrogens is 289 g/mol. The van der Waals surface area contributed by atoms with Crippen molar-refractivity contribution in [3.8, 4) is 0 Å². The lowest BCUT2D eigenvalue weighted by atomic mass is 10.0. The minimum absolute atomic E-state index is 0.0278. The molecule has 0 fully saturated rings. The third-order valence-corrected chi connectivity index (χ3v) is 3.22. The van der Waals surface area contributed by atoms with E-state index in [1.807, 2.05) is 37.4 Å². The normalized spacial score (nSPS) is 12.7. The van der Waals surface area contributed by atoms with Gasteiger partial charge in [0.15, 0.2) is 0 Å². The SMILES string of the molecule is CNC(c1ccco1)c1cc(Br)ccc1Cl. The first-order valence-corrected chi connectivity index (χ1v) is 6.05. The molecule has 1 unspecified atom stereocenters. The van der Waals surface area contributed by atoms with Crippen LogP contribution in [0.15, 0.2) is 45.5 Å². The van der Waals surface area contributed by atoms with Crippen molar-refractivity contribution in [2.24, 2.45) is 0 Å². The molecule has 0 aliphatic carbocycles. The van der Waals surface area contributed by atoms with Crippen molar-refractivity contribution in [2.75, 3.05) is 7.05 Å². The van der Waals surface area contributed by atoms with E-state index in [4.69, 9.17) is 16.0 Å². The van der Waals surface area contributed by atoms with Crippen LogP contribution in [0.4, 0.5) is 0 Å². The second-order valence-electron chi connectivity index (χ2n) is 3.40. The zero-order valence-corrected chi connectivity index (χ0v) is 11.0. The highest BCUT2D eigenvalue weighted by atomic mass is 79.9. The summed E-state index contributed by atoms with van der Waals surface area (Å²) in [5.74, 6) is 0.850. The molecule has 2 aromatic rings. The van der Waals surface area contributed by atoms with Gasteiger partial charge in [-0.3, -0.25) is 0 Å². The first kappa shape index (κ1) is 11.7. The van der Waals surface area contributed by atoms with Gasteiger partial charge in [-0.1, -0.05) is 27.5 Å². The standard InChI is InChI=1S/C12H11BrClNO/c1-15-12(11-3-2-6-16-11)9-7-8(13)4-5-10(9)14/h2-7,12,15H,1H3. The Hall–Kier alpha value is -0.770. The molecule has 0 radical (unpaired) electrons. The number of halogens is 2. The summed E-state index contributed by atoms with van der Waals surface area (Å²) < 4.78 is 6.40. The molecule has 0 aliphatic heterocycles. The molecule has 1 heterocycles. The zero-order chi connectivity index (χ0) is 11.5. The molecule has 2 rings (SSSR count). The summed E-state index contributed by atoms with van der Waals surface area (Å²) >= 11 is 9.62. The Labute approximate surface area is 108 Å². The highest BCUT2D eigenvalue weighted by Crippen LogP contribution is 2.30. The molecule has 84 valence electrons. The van der Waals surface area contributed by atoms with E-state index in [9.17, 15) is 0 Å². The van der Waals surface area contributed by atoms with E-state index in [2.05, 4.69) is 21.2 Å². The van der Waals surface area contributed by atoms with Crippen LogP contribution < -0.4 is 5.32 Å². The van der Waals surface area contributed by atoms with Crippen molar-refractivity contribution in [2.45, 2.75) is 6.04 Å². The van der Waals surface area contributed by atoms with Crippen molar-refractivity contribution in [1.29, 1.82) is 0 Å². The summed E-state index contributed by atoms with van der Waals surface area (Å²) in [6, 6.07) is 9.55. The minimum Gasteiger partial charge on any atom is -0.467 e. The van der Waals surface area contributed by atoms with Gasteiger partial charge in [-0.2, -0.15) is 0 Å². The van der Waals surface area contributed by atoms with Crippen LogP contribution in [0.1, 0.15) is 17.4 Å². The average molecular weight is 301 g/mol. The van der Waals surface area contributed by atoms with Crippen LogP contribution in [-0.4, -0.2) is 7.05 Å². The monoisotopic (exact) mass is 299 g/mol. The van der Waals surface area contributed by atoms with Crippen molar-refractivity contribution in [3.05, 3.63) is 57.4 Å². The van der Waals surface area contributed by atoms with Gasteiger partial charge in [0.2, 0.25) is 0 Å². The summed E-state index contributed by atoms with van der Waals surface area (Å²) in [6.45, 7) is 0. The molecule has 0 spiro atoms. The van der Waals surface area contributed by atoms with Gasteiger partial charge in [-0.15, -0.1) is 0 Å². The number of rotatable bonds is 3. The largest absolute Gasteiger partial charge is 0.467 e. The Morgan fingerprint density at radius 3 is 2.81 bits per heavy atom. The molecule has 0 saturated heterocycles. The molecule has 2 nitrogen and oxygen atoms in total. The van der Waals surface area contributed by atoms with Gasteiger partial charge in [0.25, 0.3) is 0 Å². The zero-order valence-electron chi connectivity index (χ0n) is 8.71. The van der Waals surface area contributed by atoms with Gasteiger partial charge in [0.1, 0.15) is 5.76 Å². The van der Waals surface area contributed by atoms with E-state index in [1.54, 1.807) is 6.26 Å². The summed E-state index contributed by atoms with van der Waals surface area (Å²) in [5, 5.41) is 3.91.